The van der Waals surface area contributed by atoms with Gasteiger partial charge >= 0.3 is 0 Å². The quantitative estimate of drug-likeness (QED) is 0.254. The van der Waals surface area contributed by atoms with Crippen LogP contribution >= 0.6 is 34.4 Å². The Morgan fingerprint density at radius 1 is 1.21 bits per heavy atom. The number of nitrogens with one attached hydrogen (secondary N) is 1. The normalized spacial score (nSPS) is 14.6. The molecule has 2 aromatic carbocycles. The first-order valence-corrected chi connectivity index (χ1v) is 11.7. The van der Waals surface area contributed by atoms with Crippen molar-refractivity contribution in [3.8, 4) is 11.5 Å². The Bertz CT molecular complexity index is 1190. The van der Waals surface area contributed by atoms with Crippen molar-refractivity contribution in [3.63, 3.8) is 0 Å². The van der Waals surface area contributed by atoms with Gasteiger partial charge in [0.1, 0.15) is 6.54 Å². The molecule has 1 saturated heterocycles. The number of imide groups is 1. The van der Waals surface area contributed by atoms with E-state index in [0.717, 1.165) is 16.1 Å². The molecule has 1 heterocycles. The summed E-state index contributed by atoms with van der Waals surface area (Å²) in [4.78, 5) is 38.0. The first-order valence-electron chi connectivity index (χ1n) is 9.85. The number of thioether (sulfide) groups is 1. The van der Waals surface area contributed by atoms with Gasteiger partial charge < -0.3 is 14.8 Å². The summed E-state index contributed by atoms with van der Waals surface area (Å²) in [7, 11) is 1.48. The third-order valence-corrected chi connectivity index (χ3v) is 6.19. The molecule has 7 nitrogen and oxygen atoms in total. The number of benzene rings is 2. The van der Waals surface area contributed by atoms with E-state index in [4.69, 9.17) is 9.47 Å². The van der Waals surface area contributed by atoms with E-state index >= 15 is 0 Å². The van der Waals surface area contributed by atoms with E-state index in [9.17, 15) is 27.6 Å². The zero-order valence-corrected chi connectivity index (χ0v) is 20.9. The van der Waals surface area contributed by atoms with Crippen molar-refractivity contribution in [2.24, 2.45) is 0 Å². The minimum absolute atomic E-state index is 0.0666. The summed E-state index contributed by atoms with van der Waals surface area (Å²) in [6.07, 6.45) is 2.29. The van der Waals surface area contributed by atoms with Crippen molar-refractivity contribution >= 4 is 63.2 Å². The van der Waals surface area contributed by atoms with Gasteiger partial charge in [-0.3, -0.25) is 19.3 Å². The average molecular weight is 606 g/mol. The molecule has 180 valence electrons. The van der Waals surface area contributed by atoms with E-state index in [1.807, 2.05) is 12.2 Å². The predicted octanol–water partition coefficient (Wildman–Crippen LogP) is 5.18. The van der Waals surface area contributed by atoms with Gasteiger partial charge in [-0.2, -0.15) is 0 Å². The molecule has 3 rings (SSSR count). The first-order chi connectivity index (χ1) is 16.2. The maximum Gasteiger partial charge on any atom is 0.294 e. The molecule has 0 saturated carbocycles. The van der Waals surface area contributed by atoms with Crippen LogP contribution in [0.25, 0.3) is 6.08 Å². The number of ether oxygens (including phenoxy) is 2. The van der Waals surface area contributed by atoms with Crippen molar-refractivity contribution in [2.45, 2.75) is 13.3 Å². The highest BCUT2D eigenvalue weighted by Crippen LogP contribution is 2.37. The van der Waals surface area contributed by atoms with Crippen molar-refractivity contribution in [3.05, 3.63) is 55.8 Å². The van der Waals surface area contributed by atoms with E-state index < -0.39 is 46.7 Å². The largest absolute Gasteiger partial charge is 0.493 e. The lowest BCUT2D eigenvalue weighted by Crippen LogP contribution is -2.36. The molecule has 0 aromatic heterocycles. The summed E-state index contributed by atoms with van der Waals surface area (Å²) >= 11 is 2.70. The Morgan fingerprint density at radius 2 is 1.94 bits per heavy atom. The summed E-state index contributed by atoms with van der Waals surface area (Å²) in [6, 6.07) is 4.88. The van der Waals surface area contributed by atoms with Crippen LogP contribution in [0.3, 0.4) is 0 Å². The lowest BCUT2D eigenvalue weighted by atomic mass is 10.2. The fraction of sp³-hybridized carbons (Fsp3) is 0.227. The van der Waals surface area contributed by atoms with E-state index in [0.29, 0.717) is 46.4 Å². The van der Waals surface area contributed by atoms with Gasteiger partial charge in [-0.15, -0.1) is 0 Å². The maximum atomic E-state index is 13.8. The summed E-state index contributed by atoms with van der Waals surface area (Å²) in [5.41, 5.74) is -0.0395. The van der Waals surface area contributed by atoms with Crippen LogP contribution in [0.1, 0.15) is 18.9 Å². The van der Waals surface area contributed by atoms with Gasteiger partial charge in [0.05, 0.1) is 27.9 Å². The summed E-state index contributed by atoms with van der Waals surface area (Å²) in [5, 5.41) is 1.32. The van der Waals surface area contributed by atoms with Gasteiger partial charge in [-0.05, 0) is 76.7 Å². The van der Waals surface area contributed by atoms with Crippen LogP contribution in [0, 0.1) is 21.0 Å². The highest BCUT2D eigenvalue weighted by molar-refractivity contribution is 14.1. The van der Waals surface area contributed by atoms with Crippen molar-refractivity contribution in [2.75, 3.05) is 25.6 Å². The second-order valence-electron chi connectivity index (χ2n) is 6.92. The SMILES string of the molecule is CCCOc1c(I)cc(/C=C2\SC(=O)N(CC(=O)Nc3ccc(F)c(F)c3F)C2=O)cc1OC. The zero-order chi connectivity index (χ0) is 25.0. The first kappa shape index (κ1) is 25.9. The number of carbonyl (C=O) groups excluding carboxylic acids is 3. The van der Waals surface area contributed by atoms with E-state index in [-0.39, 0.29) is 4.91 Å². The monoisotopic (exact) mass is 606 g/mol. The number of methoxy groups -OCH3 is 1. The number of halogens is 4. The van der Waals surface area contributed by atoms with Crippen LogP contribution in [-0.2, 0) is 9.59 Å². The lowest BCUT2D eigenvalue weighted by Gasteiger charge is -2.13. The van der Waals surface area contributed by atoms with E-state index in [1.165, 1.54) is 13.2 Å². The van der Waals surface area contributed by atoms with Crippen LogP contribution in [0.15, 0.2) is 29.2 Å². The number of hydrogen-bond donors (Lipinski definition) is 1. The minimum atomic E-state index is -1.75. The van der Waals surface area contributed by atoms with Gasteiger partial charge in [-0.1, -0.05) is 6.92 Å². The molecule has 0 unspecified atom stereocenters. The summed E-state index contributed by atoms with van der Waals surface area (Å²) < 4.78 is 52.0. The number of amides is 3. The van der Waals surface area contributed by atoms with Crippen LogP contribution < -0.4 is 14.8 Å². The van der Waals surface area contributed by atoms with Crippen molar-refractivity contribution in [1.82, 2.24) is 4.90 Å². The van der Waals surface area contributed by atoms with E-state index in [1.54, 1.807) is 12.1 Å². The molecule has 1 fully saturated rings. The molecule has 34 heavy (non-hydrogen) atoms. The van der Waals surface area contributed by atoms with Crippen molar-refractivity contribution in [1.29, 1.82) is 0 Å². The Balaban J connectivity index is 1.76. The Labute approximate surface area is 210 Å². The third-order valence-electron chi connectivity index (χ3n) is 4.48. The Hall–Kier alpha value is -2.74. The molecule has 3 amide bonds. The molecule has 1 aliphatic heterocycles. The molecule has 1 N–H and O–H groups in total. The highest BCUT2D eigenvalue weighted by Gasteiger charge is 2.36. The number of hydrogen-bond acceptors (Lipinski definition) is 6. The molecule has 0 bridgehead atoms. The van der Waals surface area contributed by atoms with Gasteiger partial charge in [0, 0.05) is 0 Å². The third kappa shape index (κ3) is 5.66. The topological polar surface area (TPSA) is 84.9 Å². The molecule has 0 atom stereocenters. The summed E-state index contributed by atoms with van der Waals surface area (Å²) in [6.45, 7) is 1.74. The molecular weight excluding hydrogens is 588 g/mol. The van der Waals surface area contributed by atoms with Crippen LogP contribution in [0.2, 0.25) is 0 Å². The molecule has 0 radical (unpaired) electrons. The van der Waals surface area contributed by atoms with Crippen LogP contribution in [0.5, 0.6) is 11.5 Å². The minimum Gasteiger partial charge on any atom is -0.493 e. The van der Waals surface area contributed by atoms with Crippen molar-refractivity contribution < 1.29 is 37.0 Å². The van der Waals surface area contributed by atoms with E-state index in [2.05, 4.69) is 22.6 Å². The molecule has 1 aliphatic rings. The molecular formula is C22H18F3IN2O5S. The standard InChI is InChI=1S/C22H18F3IN2O5S/c1-3-6-33-20-13(26)7-11(8-15(20)32-2)9-16-21(30)28(22(31)34-16)10-17(29)27-14-5-4-12(23)18(24)19(14)25/h4-5,7-9H,3,6,10H2,1-2H3,(H,27,29)/b16-9-. The fourth-order valence-electron chi connectivity index (χ4n) is 2.91. The van der Waals surface area contributed by atoms with Crippen LogP contribution in [-0.4, -0.2) is 42.2 Å². The number of anilines is 1. The maximum absolute atomic E-state index is 13.8. The Kier molecular flexibility index (Phi) is 8.47. The molecule has 12 heteroatoms. The van der Waals surface area contributed by atoms with Gasteiger partial charge in [0.2, 0.25) is 5.91 Å². The highest BCUT2D eigenvalue weighted by atomic mass is 127. The fourth-order valence-corrected chi connectivity index (χ4v) is 4.53. The smallest absolute Gasteiger partial charge is 0.294 e. The average Bonchev–Trinajstić information content (AvgIpc) is 3.05. The number of nitrogens with zero attached hydrogens (tertiary/aromatic N) is 1. The Morgan fingerprint density at radius 3 is 2.62 bits per heavy atom. The van der Waals surface area contributed by atoms with Gasteiger partial charge in [-0.25, -0.2) is 13.2 Å². The number of carbonyl (C=O) groups is 3. The molecule has 2 aromatic rings. The molecule has 0 spiro atoms. The zero-order valence-electron chi connectivity index (χ0n) is 17.9. The van der Waals surface area contributed by atoms with Gasteiger partial charge in [0.15, 0.2) is 29.0 Å². The predicted molar refractivity (Wildman–Crippen MR) is 129 cm³/mol. The lowest BCUT2D eigenvalue weighted by molar-refractivity contribution is -0.127. The second-order valence-corrected chi connectivity index (χ2v) is 9.08. The van der Waals surface area contributed by atoms with Crippen LogP contribution in [0.4, 0.5) is 23.7 Å². The number of rotatable bonds is 8. The summed E-state index contributed by atoms with van der Waals surface area (Å²) in [5.74, 6) is -5.41. The molecule has 0 aliphatic carbocycles. The van der Waals surface area contributed by atoms with Gasteiger partial charge in [0.25, 0.3) is 11.1 Å². The second kappa shape index (κ2) is 11.1.